The van der Waals surface area contributed by atoms with Crippen molar-refractivity contribution in [2.45, 2.75) is 12.8 Å². The van der Waals surface area contributed by atoms with Crippen LogP contribution in [0.5, 0.6) is 0 Å². The number of nitrogens with two attached hydrogens (primary N) is 1. The number of fused-ring (bicyclic) bond motifs is 1. The zero-order chi connectivity index (χ0) is 16.4. The van der Waals surface area contributed by atoms with Crippen molar-refractivity contribution in [1.29, 1.82) is 0 Å². The number of carbonyl (C=O) groups excluding carboxylic acids is 1. The SMILES string of the molecule is NS(=O)(=O)CC1CC(=O)N(CCc2cnc3ccccc3c2)C1. The summed E-state index contributed by atoms with van der Waals surface area (Å²) in [7, 11) is -3.53. The van der Waals surface area contributed by atoms with Crippen molar-refractivity contribution in [3.05, 3.63) is 42.1 Å². The van der Waals surface area contributed by atoms with Crippen LogP contribution in [0.3, 0.4) is 0 Å². The minimum atomic E-state index is -3.53. The molecule has 6 nitrogen and oxygen atoms in total. The van der Waals surface area contributed by atoms with E-state index in [0.29, 0.717) is 19.5 Å². The summed E-state index contributed by atoms with van der Waals surface area (Å²) < 4.78 is 22.3. The van der Waals surface area contributed by atoms with Crippen LogP contribution in [0.4, 0.5) is 0 Å². The standard InChI is InChI=1S/C16H19N3O3S/c17-23(21,22)11-13-8-16(20)19(10-13)6-5-12-7-14-3-1-2-4-15(14)18-9-12/h1-4,7,9,13H,5-6,8,10-11H2,(H2,17,21,22). The summed E-state index contributed by atoms with van der Waals surface area (Å²) in [5, 5.41) is 6.13. The van der Waals surface area contributed by atoms with Gasteiger partial charge in [0.15, 0.2) is 0 Å². The number of sulfonamides is 1. The van der Waals surface area contributed by atoms with Gasteiger partial charge in [-0.3, -0.25) is 9.78 Å². The third kappa shape index (κ3) is 4.05. The Bertz CT molecular complexity index is 835. The number of rotatable bonds is 5. The molecule has 1 aliphatic rings. The molecule has 0 aliphatic carbocycles. The highest BCUT2D eigenvalue weighted by Gasteiger charge is 2.31. The number of pyridine rings is 1. The highest BCUT2D eigenvalue weighted by Crippen LogP contribution is 2.20. The minimum Gasteiger partial charge on any atom is -0.342 e. The monoisotopic (exact) mass is 333 g/mol. The fourth-order valence-electron chi connectivity index (χ4n) is 3.03. The molecular formula is C16H19N3O3S. The van der Waals surface area contributed by atoms with Crippen molar-refractivity contribution in [1.82, 2.24) is 9.88 Å². The molecule has 1 aliphatic heterocycles. The Labute approximate surface area is 135 Å². The largest absolute Gasteiger partial charge is 0.342 e. The van der Waals surface area contributed by atoms with Crippen LogP contribution >= 0.6 is 0 Å². The fraction of sp³-hybridized carbons (Fsp3) is 0.375. The summed E-state index contributed by atoms with van der Waals surface area (Å²) in [5.74, 6) is -0.341. The first-order valence-electron chi connectivity index (χ1n) is 7.52. The molecule has 2 heterocycles. The highest BCUT2D eigenvalue weighted by atomic mass is 32.2. The van der Waals surface area contributed by atoms with E-state index in [4.69, 9.17) is 5.14 Å². The van der Waals surface area contributed by atoms with Crippen LogP contribution in [-0.2, 0) is 21.2 Å². The number of benzene rings is 1. The van der Waals surface area contributed by atoms with Gasteiger partial charge in [0.1, 0.15) is 0 Å². The van der Waals surface area contributed by atoms with Crippen molar-refractivity contribution in [2.24, 2.45) is 11.1 Å². The molecule has 23 heavy (non-hydrogen) atoms. The molecule has 1 saturated heterocycles. The molecule has 2 N–H and O–H groups in total. The van der Waals surface area contributed by atoms with Gasteiger partial charge in [-0.2, -0.15) is 0 Å². The number of para-hydroxylation sites is 1. The van der Waals surface area contributed by atoms with Crippen molar-refractivity contribution in [3.8, 4) is 0 Å². The third-order valence-electron chi connectivity index (χ3n) is 4.08. The van der Waals surface area contributed by atoms with Crippen LogP contribution in [0.2, 0.25) is 0 Å². The maximum Gasteiger partial charge on any atom is 0.222 e. The van der Waals surface area contributed by atoms with E-state index in [1.54, 1.807) is 4.90 Å². The van der Waals surface area contributed by atoms with Crippen molar-refractivity contribution in [3.63, 3.8) is 0 Å². The second-order valence-corrected chi connectivity index (χ2v) is 7.68. The van der Waals surface area contributed by atoms with E-state index in [2.05, 4.69) is 11.1 Å². The molecule has 0 saturated carbocycles. The number of hydrogen-bond donors (Lipinski definition) is 1. The first-order chi connectivity index (χ1) is 10.9. The van der Waals surface area contributed by atoms with Gasteiger partial charge in [-0.05, 0) is 24.1 Å². The molecule has 1 aromatic carbocycles. The van der Waals surface area contributed by atoms with Crippen molar-refractivity contribution in [2.75, 3.05) is 18.8 Å². The molecule has 1 atom stereocenters. The van der Waals surface area contributed by atoms with Crippen molar-refractivity contribution < 1.29 is 13.2 Å². The Kier molecular flexibility index (Phi) is 4.32. The number of hydrogen-bond acceptors (Lipinski definition) is 4. The number of primary sulfonamides is 1. The minimum absolute atomic E-state index is 0.00704. The molecule has 7 heteroatoms. The summed E-state index contributed by atoms with van der Waals surface area (Å²) >= 11 is 0. The zero-order valence-electron chi connectivity index (χ0n) is 12.7. The van der Waals surface area contributed by atoms with Crippen LogP contribution < -0.4 is 5.14 Å². The second kappa shape index (κ2) is 6.25. The highest BCUT2D eigenvalue weighted by molar-refractivity contribution is 7.89. The Morgan fingerprint density at radius 3 is 2.87 bits per heavy atom. The lowest BCUT2D eigenvalue weighted by atomic mass is 10.1. The van der Waals surface area contributed by atoms with Gasteiger partial charge in [0, 0.05) is 37.0 Å². The molecule has 1 aromatic heterocycles. The molecule has 3 rings (SSSR count). The van der Waals surface area contributed by atoms with Gasteiger partial charge in [0.2, 0.25) is 15.9 Å². The molecule has 0 radical (unpaired) electrons. The average molecular weight is 333 g/mol. The normalized spacial score (nSPS) is 18.7. The molecular weight excluding hydrogens is 314 g/mol. The smallest absolute Gasteiger partial charge is 0.222 e. The molecule has 122 valence electrons. The first-order valence-corrected chi connectivity index (χ1v) is 9.24. The zero-order valence-corrected chi connectivity index (χ0v) is 13.5. The molecule has 1 amide bonds. The van der Waals surface area contributed by atoms with Gasteiger partial charge < -0.3 is 4.90 Å². The summed E-state index contributed by atoms with van der Waals surface area (Å²) in [6.07, 6.45) is 2.78. The Hall–Kier alpha value is -1.99. The van der Waals surface area contributed by atoms with Crippen molar-refractivity contribution >= 4 is 26.8 Å². The second-order valence-electron chi connectivity index (χ2n) is 6.03. The van der Waals surface area contributed by atoms with Crippen LogP contribution in [0.1, 0.15) is 12.0 Å². The lowest BCUT2D eigenvalue weighted by Gasteiger charge is -2.16. The van der Waals surface area contributed by atoms with Crippen LogP contribution in [-0.4, -0.2) is 43.1 Å². The number of carbonyl (C=O) groups is 1. The fourth-order valence-corrected chi connectivity index (χ4v) is 3.91. The topological polar surface area (TPSA) is 93.4 Å². The quantitative estimate of drug-likeness (QED) is 0.880. The van der Waals surface area contributed by atoms with Gasteiger partial charge in [-0.15, -0.1) is 0 Å². The van der Waals surface area contributed by atoms with E-state index >= 15 is 0 Å². The molecule has 1 fully saturated rings. The Balaban J connectivity index is 1.62. The number of amides is 1. The first kappa shape index (κ1) is 15.9. The lowest BCUT2D eigenvalue weighted by molar-refractivity contribution is -0.127. The number of likely N-dealkylation sites (tertiary alicyclic amines) is 1. The third-order valence-corrected chi connectivity index (χ3v) is 5.02. The van der Waals surface area contributed by atoms with Gasteiger partial charge in [-0.25, -0.2) is 13.6 Å². The lowest BCUT2D eigenvalue weighted by Crippen LogP contribution is -2.29. The predicted molar refractivity (Wildman–Crippen MR) is 88.1 cm³/mol. The average Bonchev–Trinajstić information content (AvgIpc) is 2.82. The maximum absolute atomic E-state index is 12.0. The molecule has 2 aromatic rings. The van der Waals surface area contributed by atoms with Crippen LogP contribution in [0.15, 0.2) is 36.5 Å². The Morgan fingerprint density at radius 1 is 1.30 bits per heavy atom. The molecule has 1 unspecified atom stereocenters. The summed E-state index contributed by atoms with van der Waals surface area (Å²) in [5.41, 5.74) is 2.01. The van der Waals surface area contributed by atoms with Crippen LogP contribution in [0.25, 0.3) is 10.9 Å². The number of aromatic nitrogens is 1. The molecule has 0 spiro atoms. The predicted octanol–water partition coefficient (Wildman–Crippen LogP) is 0.914. The summed E-state index contributed by atoms with van der Waals surface area (Å²) in [6.45, 7) is 1.02. The van der Waals surface area contributed by atoms with Gasteiger partial charge in [0.05, 0.1) is 11.3 Å². The van der Waals surface area contributed by atoms with E-state index in [1.165, 1.54) is 0 Å². The summed E-state index contributed by atoms with van der Waals surface area (Å²) in [4.78, 5) is 18.1. The van der Waals surface area contributed by atoms with E-state index in [0.717, 1.165) is 16.5 Å². The maximum atomic E-state index is 12.0. The Morgan fingerprint density at radius 2 is 2.09 bits per heavy atom. The summed E-state index contributed by atoms with van der Waals surface area (Å²) in [6, 6.07) is 9.96. The van der Waals surface area contributed by atoms with Crippen LogP contribution in [0, 0.1) is 5.92 Å². The van der Waals surface area contributed by atoms with Gasteiger partial charge in [-0.1, -0.05) is 18.2 Å². The van der Waals surface area contributed by atoms with Gasteiger partial charge >= 0.3 is 0 Å². The van der Waals surface area contributed by atoms with E-state index in [9.17, 15) is 13.2 Å². The van der Waals surface area contributed by atoms with E-state index in [-0.39, 0.29) is 24.0 Å². The number of nitrogens with zero attached hydrogens (tertiary/aromatic N) is 2. The van der Waals surface area contributed by atoms with E-state index in [1.807, 2.05) is 30.5 Å². The van der Waals surface area contributed by atoms with E-state index < -0.39 is 10.0 Å². The van der Waals surface area contributed by atoms with Gasteiger partial charge in [0.25, 0.3) is 0 Å². The molecule has 0 bridgehead atoms.